The molecule has 2 aromatic rings. The molecule has 2 saturated carbocycles. The molecule has 2 aliphatic rings. The number of Topliss-reactive ketones (excluding diaryl/α,β-unsaturated/α-hetero) is 2. The number of ketones is 2. The Bertz CT molecular complexity index is 691. The number of hydrogen-bond acceptors (Lipinski definition) is 6. The van der Waals surface area contributed by atoms with Gasteiger partial charge in [-0.1, -0.05) is 0 Å². The molecule has 0 amide bonds. The summed E-state index contributed by atoms with van der Waals surface area (Å²) in [5.74, 6) is 0.591. The van der Waals surface area contributed by atoms with Crippen LogP contribution in [-0.4, -0.2) is 11.6 Å². The van der Waals surface area contributed by atoms with Crippen LogP contribution in [0, 0.1) is 11.8 Å². The van der Waals surface area contributed by atoms with Crippen LogP contribution in [0.1, 0.15) is 45.0 Å². The predicted molar refractivity (Wildman–Crippen MR) is 82.6 cm³/mol. The molecule has 0 bridgehead atoms. The molecule has 4 nitrogen and oxygen atoms in total. The lowest BCUT2D eigenvalue weighted by molar-refractivity contribution is 0.0965. The highest BCUT2D eigenvalue weighted by Crippen LogP contribution is 2.48. The number of carbonyl (C=O) groups is 2. The summed E-state index contributed by atoms with van der Waals surface area (Å²) in [7, 11) is 0. The Morgan fingerprint density at radius 3 is 1.55 bits per heavy atom. The van der Waals surface area contributed by atoms with Crippen LogP contribution in [0.25, 0.3) is 9.40 Å². The number of anilines is 2. The van der Waals surface area contributed by atoms with Crippen molar-refractivity contribution in [2.24, 2.45) is 11.8 Å². The van der Waals surface area contributed by atoms with Gasteiger partial charge in [-0.05, 0) is 25.7 Å². The van der Waals surface area contributed by atoms with Crippen LogP contribution in [0.15, 0.2) is 0 Å². The van der Waals surface area contributed by atoms with E-state index in [1.54, 1.807) is 0 Å². The zero-order valence-electron chi connectivity index (χ0n) is 10.8. The molecule has 2 heterocycles. The van der Waals surface area contributed by atoms with Crippen molar-refractivity contribution in [1.29, 1.82) is 0 Å². The van der Waals surface area contributed by atoms with Crippen molar-refractivity contribution in [3.05, 3.63) is 9.75 Å². The Morgan fingerprint density at radius 1 is 0.850 bits per heavy atom. The third-order valence-corrected chi connectivity index (χ3v) is 6.49. The van der Waals surface area contributed by atoms with Gasteiger partial charge in [0.2, 0.25) is 0 Å². The van der Waals surface area contributed by atoms with E-state index in [9.17, 15) is 9.59 Å². The van der Waals surface area contributed by atoms with Crippen LogP contribution >= 0.6 is 22.7 Å². The molecule has 0 radical (unpaired) electrons. The molecule has 0 saturated heterocycles. The first-order valence-corrected chi connectivity index (χ1v) is 8.40. The molecule has 0 aliphatic heterocycles. The van der Waals surface area contributed by atoms with Gasteiger partial charge in [0.05, 0.1) is 30.5 Å². The molecule has 2 fully saturated rings. The number of hydrogen-bond donors (Lipinski definition) is 2. The number of thiophene rings is 2. The second-order valence-corrected chi connectivity index (χ2v) is 7.93. The largest absolute Gasteiger partial charge is 0.397 e. The minimum atomic E-state index is 0.144. The summed E-state index contributed by atoms with van der Waals surface area (Å²) in [5, 5.41) is 0.730. The third kappa shape index (κ3) is 1.71. The molecule has 4 N–H and O–H groups in total. The average Bonchev–Trinajstić information content (AvgIpc) is 3.31. The topological polar surface area (TPSA) is 86.2 Å². The average molecular weight is 306 g/mol. The molecular formula is C14H14N2O2S2. The third-order valence-electron chi connectivity index (χ3n) is 3.97. The molecule has 0 spiro atoms. The van der Waals surface area contributed by atoms with Crippen LogP contribution < -0.4 is 11.5 Å². The first-order valence-electron chi connectivity index (χ1n) is 6.76. The minimum absolute atomic E-state index is 0.144. The van der Waals surface area contributed by atoms with Crippen LogP contribution in [-0.2, 0) is 0 Å². The van der Waals surface area contributed by atoms with Crippen molar-refractivity contribution in [2.45, 2.75) is 25.7 Å². The Balaban J connectivity index is 1.82. The van der Waals surface area contributed by atoms with E-state index in [1.807, 2.05) is 0 Å². The Labute approximate surface area is 123 Å². The van der Waals surface area contributed by atoms with Crippen LogP contribution in [0.3, 0.4) is 0 Å². The van der Waals surface area contributed by atoms with Gasteiger partial charge < -0.3 is 11.5 Å². The van der Waals surface area contributed by atoms with E-state index in [2.05, 4.69) is 0 Å². The van der Waals surface area contributed by atoms with Gasteiger partial charge >= 0.3 is 0 Å². The summed E-state index contributed by atoms with van der Waals surface area (Å²) in [6.45, 7) is 0. The fraction of sp³-hybridized carbons (Fsp3) is 0.429. The fourth-order valence-corrected chi connectivity index (χ4v) is 5.08. The first kappa shape index (κ1) is 12.3. The van der Waals surface area contributed by atoms with E-state index in [1.165, 1.54) is 22.7 Å². The number of nitrogen functional groups attached to an aromatic ring is 2. The summed E-state index contributed by atoms with van der Waals surface area (Å²) in [4.78, 5) is 25.6. The molecule has 2 aliphatic carbocycles. The Kier molecular flexibility index (Phi) is 2.50. The molecule has 0 aromatic carbocycles. The standard InChI is InChI=1S/C14H14N2O2S2/c15-8-7-9(16)13(11(18)6-3-4-6)20-14(7)19-12(8)10(17)5-1-2-5/h5-6H,1-4,15-16H2. The van der Waals surface area contributed by atoms with Gasteiger partial charge in [0, 0.05) is 11.8 Å². The molecule has 6 heteroatoms. The van der Waals surface area contributed by atoms with Crippen molar-refractivity contribution in [1.82, 2.24) is 0 Å². The zero-order valence-corrected chi connectivity index (χ0v) is 12.4. The number of nitrogens with two attached hydrogens (primary N) is 2. The lowest BCUT2D eigenvalue weighted by Crippen LogP contribution is -2.04. The van der Waals surface area contributed by atoms with Gasteiger partial charge in [-0.3, -0.25) is 9.59 Å². The van der Waals surface area contributed by atoms with Crippen molar-refractivity contribution < 1.29 is 9.59 Å². The van der Waals surface area contributed by atoms with E-state index in [4.69, 9.17) is 11.5 Å². The monoisotopic (exact) mass is 306 g/mol. The molecular weight excluding hydrogens is 292 g/mol. The highest BCUT2D eigenvalue weighted by atomic mass is 32.2. The zero-order chi connectivity index (χ0) is 14.0. The molecule has 20 heavy (non-hydrogen) atoms. The van der Waals surface area contributed by atoms with Crippen LogP contribution in [0.4, 0.5) is 11.4 Å². The van der Waals surface area contributed by atoms with E-state index >= 15 is 0 Å². The van der Waals surface area contributed by atoms with E-state index < -0.39 is 0 Å². The second-order valence-electron chi connectivity index (χ2n) is 5.63. The van der Waals surface area contributed by atoms with Gasteiger partial charge in [-0.25, -0.2) is 0 Å². The first-order chi connectivity index (χ1) is 9.58. The smallest absolute Gasteiger partial charge is 0.178 e. The maximum absolute atomic E-state index is 12.2. The van der Waals surface area contributed by atoms with E-state index in [0.29, 0.717) is 21.1 Å². The number of fused-ring (bicyclic) bond motifs is 1. The van der Waals surface area contributed by atoms with Gasteiger partial charge in [0.15, 0.2) is 11.6 Å². The van der Waals surface area contributed by atoms with Crippen LogP contribution in [0.5, 0.6) is 0 Å². The summed E-state index contributed by atoms with van der Waals surface area (Å²) in [6.07, 6.45) is 3.85. The van der Waals surface area contributed by atoms with Gasteiger partial charge in [-0.15, -0.1) is 22.7 Å². The van der Waals surface area contributed by atoms with E-state index in [0.717, 1.165) is 35.1 Å². The summed E-state index contributed by atoms with van der Waals surface area (Å²) >= 11 is 2.79. The lowest BCUT2D eigenvalue weighted by atomic mass is 10.1. The maximum atomic E-state index is 12.2. The minimum Gasteiger partial charge on any atom is -0.397 e. The summed E-state index contributed by atoms with van der Waals surface area (Å²) in [6, 6.07) is 0. The second kappa shape index (κ2) is 4.05. The highest BCUT2D eigenvalue weighted by Gasteiger charge is 2.36. The normalized spacial score (nSPS) is 18.6. The van der Waals surface area contributed by atoms with Crippen LogP contribution in [0.2, 0.25) is 0 Å². The SMILES string of the molecule is Nc1c(C(=O)C2CC2)sc2sc(C(=O)C3CC3)c(N)c12. The van der Waals surface area contributed by atoms with Gasteiger partial charge in [0.25, 0.3) is 0 Å². The van der Waals surface area contributed by atoms with Gasteiger partial charge in [-0.2, -0.15) is 0 Å². The Morgan fingerprint density at radius 2 is 1.25 bits per heavy atom. The van der Waals surface area contributed by atoms with Crippen molar-refractivity contribution in [2.75, 3.05) is 11.5 Å². The van der Waals surface area contributed by atoms with Crippen molar-refractivity contribution in [3.8, 4) is 0 Å². The summed E-state index contributed by atoms with van der Waals surface area (Å²) in [5.41, 5.74) is 13.2. The number of rotatable bonds is 4. The lowest BCUT2D eigenvalue weighted by Gasteiger charge is -1.99. The molecule has 104 valence electrons. The van der Waals surface area contributed by atoms with Gasteiger partial charge in [0.1, 0.15) is 0 Å². The Hall–Kier alpha value is -1.40. The fourth-order valence-electron chi connectivity index (χ4n) is 2.44. The molecule has 2 aromatic heterocycles. The summed E-state index contributed by atoms with van der Waals surface area (Å²) < 4.78 is 0.910. The highest BCUT2D eigenvalue weighted by molar-refractivity contribution is 7.40. The quantitative estimate of drug-likeness (QED) is 0.848. The maximum Gasteiger partial charge on any atom is 0.178 e. The number of carbonyl (C=O) groups excluding carboxylic acids is 2. The predicted octanol–water partition coefficient (Wildman–Crippen LogP) is 3.31. The van der Waals surface area contributed by atoms with E-state index in [-0.39, 0.29) is 23.4 Å². The molecule has 4 rings (SSSR count). The van der Waals surface area contributed by atoms with Crippen molar-refractivity contribution >= 4 is 55.0 Å². The molecule has 0 unspecified atom stereocenters. The molecule has 0 atom stereocenters. The van der Waals surface area contributed by atoms with Crippen molar-refractivity contribution in [3.63, 3.8) is 0 Å².